The van der Waals surface area contributed by atoms with Crippen LogP contribution in [0, 0.1) is 0 Å². The number of nitrogen functional groups attached to an aromatic ring is 1. The van der Waals surface area contributed by atoms with Crippen LogP contribution in [-0.4, -0.2) is 116 Å². The van der Waals surface area contributed by atoms with E-state index < -0.39 is 76.3 Å². The van der Waals surface area contributed by atoms with Crippen LogP contribution >= 0.6 is 11.6 Å². The number of fused-ring (bicyclic) bond motifs is 5. The van der Waals surface area contributed by atoms with Crippen molar-refractivity contribution in [2.24, 2.45) is 16.6 Å². The molecule has 69 heavy (non-hydrogen) atoms. The van der Waals surface area contributed by atoms with Crippen LogP contribution in [0.25, 0.3) is 22.4 Å². The number of carbonyl (C=O) groups is 5. The second-order valence-electron chi connectivity index (χ2n) is 17.4. The average Bonchev–Trinajstić information content (AvgIpc) is 3.27. The topological polar surface area (TPSA) is 347 Å². The highest BCUT2D eigenvalue weighted by Crippen LogP contribution is 2.45. The first-order valence-corrected chi connectivity index (χ1v) is 23.8. The highest BCUT2D eigenvalue weighted by atomic mass is 35.5. The summed E-state index contributed by atoms with van der Waals surface area (Å²) in [6.45, 7) is 7.25. The molecule has 5 rings (SSSR count). The summed E-state index contributed by atoms with van der Waals surface area (Å²) in [5.74, 6) is -6.13. The van der Waals surface area contributed by atoms with E-state index in [1.54, 1.807) is 18.2 Å². The number of hydrogen-bond acceptors (Lipinski definition) is 14. The van der Waals surface area contributed by atoms with Crippen LogP contribution < -0.4 is 52.5 Å². The second-order valence-corrected chi connectivity index (χ2v) is 19.2. The van der Waals surface area contributed by atoms with Crippen molar-refractivity contribution in [2.75, 3.05) is 45.6 Å². The zero-order valence-electron chi connectivity index (χ0n) is 38.8. The maximum absolute atomic E-state index is 14.8. The number of halogens is 1. The van der Waals surface area contributed by atoms with E-state index in [0.29, 0.717) is 29.7 Å². The molecule has 0 radical (unpaired) electrons. The molecule has 21 nitrogen and oxygen atoms in total. The predicted octanol–water partition coefficient (Wildman–Crippen LogP) is 1.83. The van der Waals surface area contributed by atoms with Gasteiger partial charge in [0, 0.05) is 36.7 Å². The average molecular weight is 996 g/mol. The number of nitrogens with two attached hydrogens (primary N) is 4. The van der Waals surface area contributed by atoms with Crippen molar-refractivity contribution in [1.82, 2.24) is 30.6 Å². The van der Waals surface area contributed by atoms with Crippen molar-refractivity contribution in [3.05, 3.63) is 87.9 Å². The molecule has 0 saturated carbocycles. The van der Waals surface area contributed by atoms with Gasteiger partial charge >= 0.3 is 5.97 Å². The number of phenolic OH excluding ortho intramolecular Hbond substituents is 1. The molecule has 372 valence electrons. The van der Waals surface area contributed by atoms with E-state index in [1.807, 2.05) is 29.0 Å². The fourth-order valence-electron chi connectivity index (χ4n) is 7.36. The number of pyridine rings is 1. The van der Waals surface area contributed by atoms with Gasteiger partial charge in [-0.15, -0.1) is 0 Å². The molecule has 0 saturated heterocycles. The Morgan fingerprint density at radius 2 is 1.58 bits per heavy atom. The fourth-order valence-corrected chi connectivity index (χ4v) is 8.05. The van der Waals surface area contributed by atoms with Crippen molar-refractivity contribution < 1.29 is 52.1 Å². The van der Waals surface area contributed by atoms with Gasteiger partial charge in [0.05, 0.1) is 23.9 Å². The van der Waals surface area contributed by atoms with Crippen molar-refractivity contribution >= 4 is 57.2 Å². The number of phenols is 1. The maximum atomic E-state index is 14.8. The molecule has 4 amide bonds. The highest BCUT2D eigenvalue weighted by molar-refractivity contribution is 7.87. The summed E-state index contributed by atoms with van der Waals surface area (Å²) < 4.78 is 38.6. The lowest BCUT2D eigenvalue weighted by atomic mass is 9.86. The Bertz CT molecular complexity index is 2660. The summed E-state index contributed by atoms with van der Waals surface area (Å²) >= 11 is 6.66. The third-order valence-electron chi connectivity index (χ3n) is 11.1. The standard InChI is InChI=1S/C46H59ClN10O11S/c1-24-41(59)55-33(45(63)64)19-25-8-13-35(67-16-6-14-48)29(18-25)30-20-27(21-36(39(30)58)68-17-7-15-49)38(43(61)53-24)57(5)44(62)34(23-52-69(51,65)66)56-42(60)37-31(47)22-32(54-40(37)50)26-9-11-28(12-10-26)46(2,3)4/h8-13,18,20-22,24,33-34,38,52,58H,6-7,14-17,19,23,48-49H2,1-5H3,(H2,50,54)(H,53,61)(H,55,59)(H,56,60)(H,63,64)(H2,51,65,66)/t24-,33-,34-,38-/m0/s1. The first-order chi connectivity index (χ1) is 32.4. The number of rotatable bonds is 17. The summed E-state index contributed by atoms with van der Waals surface area (Å²) in [7, 11) is -3.34. The van der Waals surface area contributed by atoms with E-state index in [-0.39, 0.29) is 82.7 Å². The van der Waals surface area contributed by atoms with Gasteiger partial charge in [-0.3, -0.25) is 19.2 Å². The lowest BCUT2D eigenvalue weighted by molar-refractivity contribution is -0.143. The zero-order valence-corrected chi connectivity index (χ0v) is 40.4. The Hall–Kier alpha value is -6.56. The largest absolute Gasteiger partial charge is 0.504 e. The van der Waals surface area contributed by atoms with E-state index in [9.17, 15) is 42.6 Å². The number of aromatic hydroxyl groups is 1. The number of carboxylic acids is 1. The van der Waals surface area contributed by atoms with E-state index >= 15 is 0 Å². The minimum Gasteiger partial charge on any atom is -0.504 e. The van der Waals surface area contributed by atoms with Gasteiger partial charge in [-0.25, -0.2) is 14.9 Å². The molecule has 4 bridgehead atoms. The SMILES string of the molecule is C[C@@H]1NC(=O)[C@@H](N(C)C(=O)[C@H](CNS(N)(=O)=O)NC(=O)c2c(Cl)cc(-c3ccc(C(C)(C)C)cc3)nc2N)c2cc(OCCCN)c(O)c(c2)-c2cc(ccc2OCCCN)C[C@@H](C(=O)O)NC1=O. The molecule has 1 aliphatic heterocycles. The van der Waals surface area contributed by atoms with Gasteiger partial charge in [0.1, 0.15) is 41.3 Å². The lowest BCUT2D eigenvalue weighted by Gasteiger charge is -2.33. The Labute approximate surface area is 404 Å². The molecule has 1 aliphatic rings. The van der Waals surface area contributed by atoms with E-state index in [2.05, 4.69) is 41.7 Å². The quantitative estimate of drug-likeness (QED) is 0.0675. The minimum atomic E-state index is -4.51. The number of nitrogens with one attached hydrogen (secondary N) is 4. The number of hydrogen-bond donors (Lipinski definition) is 10. The Kier molecular flexibility index (Phi) is 17.6. The fraction of sp³-hybridized carbons (Fsp3) is 0.391. The van der Waals surface area contributed by atoms with Crippen LogP contribution in [0.1, 0.15) is 73.6 Å². The molecular formula is C46H59ClN10O11S. The van der Waals surface area contributed by atoms with Gasteiger partial charge < -0.3 is 57.7 Å². The summed E-state index contributed by atoms with van der Waals surface area (Å²) in [4.78, 5) is 74.8. The second kappa shape index (κ2) is 22.7. The number of nitrogens with zero attached hydrogens (tertiary/aromatic N) is 2. The van der Waals surface area contributed by atoms with Crippen LogP contribution in [-0.2, 0) is 41.2 Å². The maximum Gasteiger partial charge on any atom is 0.326 e. The van der Waals surface area contributed by atoms with Crippen LogP contribution in [0.15, 0.2) is 60.7 Å². The van der Waals surface area contributed by atoms with Crippen molar-refractivity contribution in [1.29, 1.82) is 0 Å². The third-order valence-corrected chi connectivity index (χ3v) is 12.0. The van der Waals surface area contributed by atoms with Crippen LogP contribution in [0.5, 0.6) is 17.2 Å². The number of aliphatic carboxylic acids is 1. The molecule has 14 N–H and O–H groups in total. The molecule has 0 spiro atoms. The molecular weight excluding hydrogens is 936 g/mol. The Morgan fingerprint density at radius 1 is 0.942 bits per heavy atom. The molecule has 23 heteroatoms. The van der Waals surface area contributed by atoms with Crippen molar-refractivity contribution in [3.8, 4) is 39.6 Å². The predicted molar refractivity (Wildman–Crippen MR) is 258 cm³/mol. The molecule has 0 aliphatic carbocycles. The molecule has 1 aromatic heterocycles. The van der Waals surface area contributed by atoms with Crippen LogP contribution in [0.2, 0.25) is 5.02 Å². The molecule has 2 heterocycles. The first kappa shape index (κ1) is 53.4. The smallest absolute Gasteiger partial charge is 0.326 e. The lowest BCUT2D eigenvalue weighted by Crippen LogP contribution is -2.57. The molecule has 3 aromatic carbocycles. The van der Waals surface area contributed by atoms with E-state index in [0.717, 1.165) is 10.5 Å². The number of carboxylic acid groups (broad SMARTS) is 1. The summed E-state index contributed by atoms with van der Waals surface area (Å²) in [6.07, 6.45) is 0.551. The van der Waals surface area contributed by atoms with Gasteiger partial charge in [-0.2, -0.15) is 13.1 Å². The third kappa shape index (κ3) is 13.6. The van der Waals surface area contributed by atoms with Gasteiger partial charge in [-0.1, -0.05) is 62.7 Å². The summed E-state index contributed by atoms with van der Waals surface area (Å²) in [5, 5.41) is 34.6. The number of amides is 4. The Balaban J connectivity index is 1.65. The number of carbonyl (C=O) groups excluding carboxylic acids is 4. The number of anilines is 1. The van der Waals surface area contributed by atoms with E-state index in [4.69, 9.17) is 43.4 Å². The molecule has 0 unspecified atom stereocenters. The van der Waals surface area contributed by atoms with E-state index in [1.165, 1.54) is 32.2 Å². The van der Waals surface area contributed by atoms with Crippen molar-refractivity contribution in [2.45, 2.75) is 76.5 Å². The molecule has 4 aromatic rings. The highest BCUT2D eigenvalue weighted by Gasteiger charge is 2.38. The summed E-state index contributed by atoms with van der Waals surface area (Å²) in [6, 6.07) is 9.75. The normalized spacial score (nSPS) is 16.9. The number of ether oxygens (including phenoxy) is 2. The van der Waals surface area contributed by atoms with Gasteiger partial charge in [0.2, 0.25) is 17.7 Å². The van der Waals surface area contributed by atoms with Crippen LogP contribution in [0.4, 0.5) is 5.82 Å². The van der Waals surface area contributed by atoms with Gasteiger partial charge in [0.25, 0.3) is 16.1 Å². The van der Waals surface area contributed by atoms with Crippen LogP contribution in [0.3, 0.4) is 0 Å². The Morgan fingerprint density at radius 3 is 2.16 bits per heavy atom. The molecule has 0 fully saturated rings. The monoisotopic (exact) mass is 994 g/mol. The van der Waals surface area contributed by atoms with Gasteiger partial charge in [0.15, 0.2) is 11.5 Å². The number of likely N-dealkylation sites (N-methyl/N-ethyl adjacent to an activating group) is 1. The number of benzene rings is 3. The van der Waals surface area contributed by atoms with Crippen molar-refractivity contribution in [3.63, 3.8) is 0 Å². The first-order valence-electron chi connectivity index (χ1n) is 21.8. The minimum absolute atomic E-state index is 0.00563. The summed E-state index contributed by atoms with van der Waals surface area (Å²) in [5.41, 5.74) is 19.9. The number of aromatic nitrogens is 1. The molecule has 4 atom stereocenters. The zero-order chi connectivity index (χ0) is 51.0. The van der Waals surface area contributed by atoms with Gasteiger partial charge in [-0.05, 0) is 85.3 Å².